The number of rotatable bonds is 8. The van der Waals surface area contributed by atoms with Gasteiger partial charge in [-0.1, -0.05) is 44.2 Å². The molecule has 1 aromatic rings. The van der Waals surface area contributed by atoms with Crippen LogP contribution in [0.1, 0.15) is 25.8 Å². The molecule has 0 fully saturated rings. The van der Waals surface area contributed by atoms with Crippen LogP contribution in [0, 0.1) is 5.92 Å². The van der Waals surface area contributed by atoms with Gasteiger partial charge in [-0.2, -0.15) is 0 Å². The van der Waals surface area contributed by atoms with Gasteiger partial charge in [-0.15, -0.1) is 0 Å². The van der Waals surface area contributed by atoms with Gasteiger partial charge in [0.25, 0.3) is 0 Å². The van der Waals surface area contributed by atoms with Crippen molar-refractivity contribution in [3.05, 3.63) is 35.9 Å². The highest BCUT2D eigenvalue weighted by Crippen LogP contribution is 2.27. The fourth-order valence-electron chi connectivity index (χ4n) is 2.00. The molecule has 0 spiro atoms. The molecular formula is C15H23NO3. The molecule has 1 rings (SSSR count). The van der Waals surface area contributed by atoms with Crippen molar-refractivity contribution in [3.63, 3.8) is 0 Å². The van der Waals surface area contributed by atoms with E-state index in [0.717, 1.165) is 5.56 Å². The van der Waals surface area contributed by atoms with Crippen LogP contribution >= 0.6 is 0 Å². The van der Waals surface area contributed by atoms with Crippen molar-refractivity contribution in [1.29, 1.82) is 0 Å². The first-order valence-corrected chi connectivity index (χ1v) is 6.59. The van der Waals surface area contributed by atoms with Gasteiger partial charge in [0.05, 0.1) is 0 Å². The predicted molar refractivity (Wildman–Crippen MR) is 75.1 cm³/mol. The van der Waals surface area contributed by atoms with Crippen LogP contribution in [0.4, 0.5) is 0 Å². The number of hydrogen-bond donors (Lipinski definition) is 2. The van der Waals surface area contributed by atoms with Crippen molar-refractivity contribution < 1.29 is 14.6 Å². The van der Waals surface area contributed by atoms with E-state index in [1.165, 1.54) is 0 Å². The minimum absolute atomic E-state index is 0.0669. The molecule has 1 unspecified atom stereocenters. The molecule has 0 saturated carbocycles. The lowest BCUT2D eigenvalue weighted by atomic mass is 9.78. The van der Waals surface area contributed by atoms with E-state index < -0.39 is 11.4 Å². The van der Waals surface area contributed by atoms with Crippen molar-refractivity contribution >= 4 is 5.97 Å². The highest BCUT2D eigenvalue weighted by Gasteiger charge is 2.38. The van der Waals surface area contributed by atoms with Crippen LogP contribution in [0.2, 0.25) is 0 Å². The Morgan fingerprint density at radius 2 is 2.00 bits per heavy atom. The summed E-state index contributed by atoms with van der Waals surface area (Å²) in [7, 11) is 0. The number of carboxylic acid groups (broad SMARTS) is 1. The molecule has 0 amide bonds. The van der Waals surface area contributed by atoms with E-state index in [4.69, 9.17) is 10.5 Å². The fourth-order valence-corrected chi connectivity index (χ4v) is 2.00. The summed E-state index contributed by atoms with van der Waals surface area (Å²) in [5, 5.41) is 9.55. The van der Waals surface area contributed by atoms with Gasteiger partial charge < -0.3 is 15.6 Å². The number of benzene rings is 1. The topological polar surface area (TPSA) is 72.5 Å². The van der Waals surface area contributed by atoms with Crippen molar-refractivity contribution in [3.8, 4) is 0 Å². The summed E-state index contributed by atoms with van der Waals surface area (Å²) in [5.74, 6) is -0.455. The fraction of sp³-hybridized carbons (Fsp3) is 0.533. The first-order chi connectivity index (χ1) is 9.03. The number of carbonyl (C=O) groups is 1. The van der Waals surface area contributed by atoms with Gasteiger partial charge >= 0.3 is 5.97 Å². The van der Waals surface area contributed by atoms with Gasteiger partial charge in [-0.05, 0) is 17.9 Å². The molecule has 0 aliphatic carbocycles. The minimum Gasteiger partial charge on any atom is -0.481 e. The number of carboxylic acids is 1. The standard InChI is InChI=1S/C15H23NO3/c1-12(2)10-19-9-8-15(11-16,14(17)18)13-6-4-3-5-7-13/h3-7,12H,8-11,16H2,1-2H3,(H,17,18). The minimum atomic E-state index is -1.06. The highest BCUT2D eigenvalue weighted by molar-refractivity contribution is 5.81. The zero-order valence-corrected chi connectivity index (χ0v) is 11.6. The first kappa shape index (κ1) is 15.7. The quantitative estimate of drug-likeness (QED) is 0.705. The molecule has 0 saturated heterocycles. The van der Waals surface area contributed by atoms with E-state index in [0.29, 0.717) is 25.6 Å². The maximum atomic E-state index is 11.6. The van der Waals surface area contributed by atoms with Crippen LogP contribution in [0.5, 0.6) is 0 Å². The van der Waals surface area contributed by atoms with Crippen LogP contribution in [-0.4, -0.2) is 30.8 Å². The Hall–Kier alpha value is -1.39. The van der Waals surface area contributed by atoms with Crippen LogP contribution < -0.4 is 5.73 Å². The molecule has 4 nitrogen and oxygen atoms in total. The molecule has 0 radical (unpaired) electrons. The van der Waals surface area contributed by atoms with E-state index in [9.17, 15) is 9.90 Å². The van der Waals surface area contributed by atoms with Crippen LogP contribution in [0.15, 0.2) is 30.3 Å². The zero-order chi connectivity index (χ0) is 14.3. The zero-order valence-electron chi connectivity index (χ0n) is 11.6. The molecule has 1 atom stereocenters. The molecule has 0 aliphatic heterocycles. The summed E-state index contributed by atoms with van der Waals surface area (Å²) in [5.41, 5.74) is 5.42. The largest absolute Gasteiger partial charge is 0.481 e. The average Bonchev–Trinajstić information content (AvgIpc) is 2.39. The predicted octanol–water partition coefficient (Wildman–Crippen LogP) is 2.03. The molecule has 4 heteroatoms. The lowest BCUT2D eigenvalue weighted by Crippen LogP contribution is -2.44. The second-order valence-corrected chi connectivity index (χ2v) is 5.18. The summed E-state index contributed by atoms with van der Waals surface area (Å²) in [6.07, 6.45) is 0.384. The Balaban J connectivity index is 2.80. The average molecular weight is 265 g/mol. The van der Waals surface area contributed by atoms with Gasteiger partial charge in [0.15, 0.2) is 0 Å². The van der Waals surface area contributed by atoms with Crippen molar-refractivity contribution in [2.75, 3.05) is 19.8 Å². The third kappa shape index (κ3) is 4.04. The van der Waals surface area contributed by atoms with Gasteiger partial charge in [0.2, 0.25) is 0 Å². The normalized spacial score (nSPS) is 14.3. The molecular weight excluding hydrogens is 242 g/mol. The van der Waals surface area contributed by atoms with E-state index in [-0.39, 0.29) is 6.54 Å². The monoisotopic (exact) mass is 265 g/mol. The summed E-state index contributed by atoms with van der Waals surface area (Å²) in [4.78, 5) is 11.6. The Kier molecular flexibility index (Phi) is 5.99. The molecule has 0 aliphatic rings. The molecule has 106 valence electrons. The lowest BCUT2D eigenvalue weighted by molar-refractivity contribution is -0.144. The van der Waals surface area contributed by atoms with E-state index in [1.807, 2.05) is 30.3 Å². The SMILES string of the molecule is CC(C)COCCC(CN)(C(=O)O)c1ccccc1. The van der Waals surface area contributed by atoms with Gasteiger partial charge in [-0.25, -0.2) is 0 Å². The molecule has 0 bridgehead atoms. The third-order valence-electron chi connectivity index (χ3n) is 3.21. The summed E-state index contributed by atoms with van der Waals surface area (Å²) in [6, 6.07) is 9.14. The van der Waals surface area contributed by atoms with E-state index >= 15 is 0 Å². The lowest BCUT2D eigenvalue weighted by Gasteiger charge is -2.28. The number of ether oxygens (including phenoxy) is 1. The third-order valence-corrected chi connectivity index (χ3v) is 3.21. The molecule has 0 aromatic heterocycles. The maximum absolute atomic E-state index is 11.6. The Morgan fingerprint density at radius 1 is 1.37 bits per heavy atom. The number of aliphatic carboxylic acids is 1. The molecule has 3 N–H and O–H groups in total. The molecule has 19 heavy (non-hydrogen) atoms. The second kappa shape index (κ2) is 7.26. The van der Waals surface area contributed by atoms with Crippen LogP contribution in [0.25, 0.3) is 0 Å². The summed E-state index contributed by atoms with van der Waals surface area (Å²) < 4.78 is 5.51. The van der Waals surface area contributed by atoms with Crippen LogP contribution in [-0.2, 0) is 14.9 Å². The smallest absolute Gasteiger partial charge is 0.315 e. The van der Waals surface area contributed by atoms with Crippen molar-refractivity contribution in [2.24, 2.45) is 11.7 Å². The second-order valence-electron chi connectivity index (χ2n) is 5.18. The van der Waals surface area contributed by atoms with Crippen molar-refractivity contribution in [2.45, 2.75) is 25.7 Å². The number of nitrogens with two attached hydrogens (primary N) is 1. The van der Waals surface area contributed by atoms with Crippen LogP contribution in [0.3, 0.4) is 0 Å². The van der Waals surface area contributed by atoms with E-state index in [1.54, 1.807) is 0 Å². The Labute approximate surface area is 114 Å². The maximum Gasteiger partial charge on any atom is 0.315 e. The van der Waals surface area contributed by atoms with Gasteiger partial charge in [0, 0.05) is 19.8 Å². The molecule has 1 aromatic carbocycles. The Bertz CT molecular complexity index is 392. The Morgan fingerprint density at radius 3 is 2.47 bits per heavy atom. The number of hydrogen-bond acceptors (Lipinski definition) is 3. The summed E-state index contributed by atoms with van der Waals surface area (Å²) >= 11 is 0. The molecule has 0 heterocycles. The van der Waals surface area contributed by atoms with Gasteiger partial charge in [0.1, 0.15) is 5.41 Å². The summed E-state index contributed by atoms with van der Waals surface area (Å²) in [6.45, 7) is 5.22. The van der Waals surface area contributed by atoms with E-state index in [2.05, 4.69) is 13.8 Å². The first-order valence-electron chi connectivity index (χ1n) is 6.59. The van der Waals surface area contributed by atoms with Gasteiger partial charge in [-0.3, -0.25) is 4.79 Å². The van der Waals surface area contributed by atoms with Crippen molar-refractivity contribution in [1.82, 2.24) is 0 Å². The highest BCUT2D eigenvalue weighted by atomic mass is 16.5.